The van der Waals surface area contributed by atoms with Crippen LogP contribution in [-0.2, 0) is 14.3 Å². The molecule has 2 aromatic heterocycles. The molecule has 1 aromatic carbocycles. The predicted octanol–water partition coefficient (Wildman–Crippen LogP) is 3.84. The van der Waals surface area contributed by atoms with E-state index in [-0.39, 0.29) is 18.7 Å². The van der Waals surface area contributed by atoms with E-state index in [0.717, 1.165) is 22.1 Å². The number of pyridine rings is 1. The third kappa shape index (κ3) is 5.35. The maximum Gasteiger partial charge on any atom is 0.306 e. The Balaban J connectivity index is 1.62. The molecular weight excluding hydrogens is 364 g/mol. The van der Waals surface area contributed by atoms with E-state index in [2.05, 4.69) is 25.3 Å². The molecule has 27 heavy (non-hydrogen) atoms. The third-order valence-corrected chi connectivity index (χ3v) is 4.42. The second kappa shape index (κ2) is 8.91. The molecule has 0 bridgehead atoms. The number of aromatic nitrogens is 2. The van der Waals surface area contributed by atoms with Crippen LogP contribution >= 0.6 is 11.3 Å². The predicted molar refractivity (Wildman–Crippen MR) is 105 cm³/mol. The second-order valence-corrected chi connectivity index (χ2v) is 6.46. The number of carbonyl (C=O) groups excluding carboxylic acids is 2. The number of hydrogen-bond acceptors (Lipinski definition) is 7. The van der Waals surface area contributed by atoms with Crippen LogP contribution in [0.5, 0.6) is 0 Å². The molecule has 0 radical (unpaired) electrons. The van der Waals surface area contributed by atoms with Crippen molar-refractivity contribution in [1.29, 1.82) is 0 Å². The highest BCUT2D eigenvalue weighted by molar-refractivity contribution is 7.14. The minimum atomic E-state index is -0.408. The lowest BCUT2D eigenvalue weighted by Gasteiger charge is -2.08. The Morgan fingerprint density at radius 2 is 1.89 bits per heavy atom. The van der Waals surface area contributed by atoms with E-state index in [0.29, 0.717) is 5.69 Å². The SMILES string of the molecule is COC(=O)CCC(=O)Nc1cccc(Nc2nc(-c3ccncc3)cs2)c1. The number of thiazole rings is 1. The van der Waals surface area contributed by atoms with Crippen LogP contribution in [-0.4, -0.2) is 29.0 Å². The van der Waals surface area contributed by atoms with Gasteiger partial charge in [0.15, 0.2) is 5.13 Å². The molecule has 0 unspecified atom stereocenters. The summed E-state index contributed by atoms with van der Waals surface area (Å²) in [6.45, 7) is 0. The topological polar surface area (TPSA) is 93.2 Å². The number of hydrogen-bond donors (Lipinski definition) is 2. The van der Waals surface area contributed by atoms with Gasteiger partial charge >= 0.3 is 5.97 Å². The normalized spacial score (nSPS) is 10.3. The molecule has 0 atom stereocenters. The van der Waals surface area contributed by atoms with Gasteiger partial charge in [-0.05, 0) is 30.3 Å². The summed E-state index contributed by atoms with van der Waals surface area (Å²) in [6.07, 6.45) is 3.59. The van der Waals surface area contributed by atoms with Crippen molar-refractivity contribution in [2.75, 3.05) is 17.7 Å². The molecule has 138 valence electrons. The Kier molecular flexibility index (Phi) is 6.11. The van der Waals surface area contributed by atoms with Gasteiger partial charge < -0.3 is 15.4 Å². The third-order valence-electron chi connectivity index (χ3n) is 3.66. The van der Waals surface area contributed by atoms with Crippen molar-refractivity contribution in [3.63, 3.8) is 0 Å². The minimum absolute atomic E-state index is 0.0528. The fourth-order valence-corrected chi connectivity index (χ4v) is 3.07. The fourth-order valence-electron chi connectivity index (χ4n) is 2.33. The molecule has 0 aliphatic carbocycles. The molecule has 0 aliphatic rings. The fraction of sp³-hybridized carbons (Fsp3) is 0.158. The van der Waals surface area contributed by atoms with E-state index in [1.165, 1.54) is 18.4 Å². The van der Waals surface area contributed by atoms with Crippen molar-refractivity contribution in [1.82, 2.24) is 9.97 Å². The maximum atomic E-state index is 11.9. The number of anilines is 3. The second-order valence-electron chi connectivity index (χ2n) is 5.60. The summed E-state index contributed by atoms with van der Waals surface area (Å²) in [5, 5.41) is 8.72. The quantitative estimate of drug-likeness (QED) is 0.603. The van der Waals surface area contributed by atoms with Crippen molar-refractivity contribution in [2.45, 2.75) is 12.8 Å². The molecule has 1 amide bonds. The van der Waals surface area contributed by atoms with Crippen LogP contribution in [0.25, 0.3) is 11.3 Å². The lowest BCUT2D eigenvalue weighted by molar-refractivity contribution is -0.141. The standard InChI is InChI=1S/C19H18N4O3S/c1-26-18(25)6-5-17(24)21-14-3-2-4-15(11-14)22-19-23-16(12-27-19)13-7-9-20-10-8-13/h2-4,7-12H,5-6H2,1H3,(H,21,24)(H,22,23). The molecule has 0 fully saturated rings. The van der Waals surface area contributed by atoms with Gasteiger partial charge in [-0.2, -0.15) is 0 Å². The number of amides is 1. The molecule has 0 aliphatic heterocycles. The first-order chi connectivity index (χ1) is 13.1. The number of esters is 1. The zero-order chi connectivity index (χ0) is 19.1. The number of ether oxygens (including phenoxy) is 1. The first-order valence-corrected chi connectivity index (χ1v) is 9.11. The zero-order valence-electron chi connectivity index (χ0n) is 14.6. The van der Waals surface area contributed by atoms with Crippen LogP contribution in [0.15, 0.2) is 54.2 Å². The maximum absolute atomic E-state index is 11.9. The van der Waals surface area contributed by atoms with Crippen molar-refractivity contribution in [3.05, 3.63) is 54.2 Å². The number of nitrogens with one attached hydrogen (secondary N) is 2. The van der Waals surface area contributed by atoms with Crippen molar-refractivity contribution in [3.8, 4) is 11.3 Å². The summed E-state index contributed by atoms with van der Waals surface area (Å²) in [4.78, 5) is 31.6. The van der Waals surface area contributed by atoms with Gasteiger partial charge in [-0.25, -0.2) is 4.98 Å². The summed E-state index contributed by atoms with van der Waals surface area (Å²) in [7, 11) is 1.30. The largest absolute Gasteiger partial charge is 0.469 e. The van der Waals surface area contributed by atoms with Crippen molar-refractivity contribution in [2.24, 2.45) is 0 Å². The summed E-state index contributed by atoms with van der Waals surface area (Å²) in [5.74, 6) is -0.652. The molecule has 0 spiro atoms. The first kappa shape index (κ1) is 18.5. The van der Waals surface area contributed by atoms with E-state index in [1.807, 2.05) is 35.7 Å². The summed E-state index contributed by atoms with van der Waals surface area (Å²) in [5.41, 5.74) is 3.32. The van der Waals surface area contributed by atoms with Crippen molar-refractivity contribution >= 4 is 39.7 Å². The van der Waals surface area contributed by atoms with Gasteiger partial charge in [-0.1, -0.05) is 6.07 Å². The highest BCUT2D eigenvalue weighted by atomic mass is 32.1. The van der Waals surface area contributed by atoms with E-state index in [4.69, 9.17) is 0 Å². The highest BCUT2D eigenvalue weighted by Crippen LogP contribution is 2.27. The van der Waals surface area contributed by atoms with Gasteiger partial charge in [0.1, 0.15) is 0 Å². The van der Waals surface area contributed by atoms with Crippen molar-refractivity contribution < 1.29 is 14.3 Å². The van der Waals surface area contributed by atoms with Crippen LogP contribution in [0.2, 0.25) is 0 Å². The Hall–Kier alpha value is -3.26. The molecule has 7 nitrogen and oxygen atoms in total. The van der Waals surface area contributed by atoms with Gasteiger partial charge in [-0.15, -0.1) is 11.3 Å². The molecule has 8 heteroatoms. The van der Waals surface area contributed by atoms with Crippen LogP contribution in [0.3, 0.4) is 0 Å². The molecule has 0 saturated carbocycles. The number of benzene rings is 1. The number of methoxy groups -OCH3 is 1. The van der Waals surface area contributed by atoms with E-state index < -0.39 is 5.97 Å². The molecule has 0 saturated heterocycles. The monoisotopic (exact) mass is 382 g/mol. The Labute approximate surface area is 160 Å². The average molecular weight is 382 g/mol. The van der Waals surface area contributed by atoms with Gasteiger partial charge in [0, 0.05) is 41.1 Å². The number of carbonyl (C=O) groups is 2. The Morgan fingerprint density at radius 3 is 2.67 bits per heavy atom. The zero-order valence-corrected chi connectivity index (χ0v) is 15.5. The lowest BCUT2D eigenvalue weighted by Crippen LogP contribution is -2.13. The van der Waals surface area contributed by atoms with Gasteiger partial charge in [-0.3, -0.25) is 14.6 Å². The van der Waals surface area contributed by atoms with Crippen LogP contribution < -0.4 is 10.6 Å². The molecule has 2 heterocycles. The molecule has 3 aromatic rings. The van der Waals surface area contributed by atoms with Crippen LogP contribution in [0.4, 0.5) is 16.5 Å². The van der Waals surface area contributed by atoms with Gasteiger partial charge in [0.25, 0.3) is 0 Å². The van der Waals surface area contributed by atoms with Gasteiger partial charge in [0.05, 0.1) is 19.2 Å². The Bertz CT molecular complexity index is 927. The van der Waals surface area contributed by atoms with Gasteiger partial charge in [0.2, 0.25) is 5.91 Å². The average Bonchev–Trinajstić information content (AvgIpc) is 3.15. The molecular formula is C19H18N4O3S. The minimum Gasteiger partial charge on any atom is -0.469 e. The first-order valence-electron chi connectivity index (χ1n) is 8.24. The lowest BCUT2D eigenvalue weighted by atomic mass is 10.2. The van der Waals surface area contributed by atoms with E-state index in [9.17, 15) is 9.59 Å². The number of rotatable bonds is 7. The summed E-state index contributed by atoms with van der Waals surface area (Å²) in [6, 6.07) is 11.1. The van der Waals surface area contributed by atoms with E-state index >= 15 is 0 Å². The highest BCUT2D eigenvalue weighted by Gasteiger charge is 2.08. The Morgan fingerprint density at radius 1 is 1.11 bits per heavy atom. The number of nitrogens with zero attached hydrogens (tertiary/aromatic N) is 2. The summed E-state index contributed by atoms with van der Waals surface area (Å²) >= 11 is 1.49. The summed E-state index contributed by atoms with van der Waals surface area (Å²) < 4.78 is 4.53. The smallest absolute Gasteiger partial charge is 0.306 e. The van der Waals surface area contributed by atoms with Crippen LogP contribution in [0.1, 0.15) is 12.8 Å². The van der Waals surface area contributed by atoms with Crippen LogP contribution in [0, 0.1) is 0 Å². The van der Waals surface area contributed by atoms with E-state index in [1.54, 1.807) is 18.5 Å². The molecule has 2 N–H and O–H groups in total. The molecule has 3 rings (SSSR count).